The number of thioether (sulfide) groups is 6. The lowest BCUT2D eigenvalue weighted by Gasteiger charge is -2.23. The topological polar surface area (TPSA) is 102 Å². The fourth-order valence-corrected chi connectivity index (χ4v) is 11.0. The third kappa shape index (κ3) is 61.9. The van der Waals surface area contributed by atoms with Gasteiger partial charge in [-0.15, -0.1) is 0 Å². The first-order chi connectivity index (χ1) is 28.5. The monoisotopic (exact) mass is 1010 g/mol. The van der Waals surface area contributed by atoms with Crippen molar-refractivity contribution in [3.63, 3.8) is 0 Å². The summed E-state index contributed by atoms with van der Waals surface area (Å²) in [5, 5.41) is 1.23. The van der Waals surface area contributed by atoms with Crippen molar-refractivity contribution in [3.8, 4) is 0 Å². The highest BCUT2D eigenvalue weighted by Gasteiger charge is 2.16. The number of hydrogen-bond acceptors (Lipinski definition) is 12. The average Bonchev–Trinajstić information content (AvgIpc) is 3.06. The third-order valence-corrected chi connectivity index (χ3v) is 13.9. The van der Waals surface area contributed by atoms with Crippen LogP contribution in [0.2, 0.25) is 0 Å². The van der Waals surface area contributed by atoms with Crippen LogP contribution in [0, 0.1) is 0 Å². The zero-order valence-electron chi connectivity index (χ0n) is 43.4. The minimum absolute atomic E-state index is 0.138. The zero-order chi connectivity index (χ0) is 49.6. The molecule has 0 amide bonds. The predicted octanol–water partition coefficient (Wildman–Crippen LogP) is 6.27. The molecule has 0 radical (unpaired) electrons. The van der Waals surface area contributed by atoms with Crippen molar-refractivity contribution < 1.29 is 55.7 Å². The first-order valence-corrected chi connectivity index (χ1v) is 28.2. The molecule has 0 aromatic carbocycles. The standard InChI is InChI=1S/C16H34N2O2S2.C15H32N2O2S2.C14H30N2O2S2/c1-17(2,3)11-13-21-15(19)9-7-8-10-16(20)22-14-12-18(4,5)6;1-16(2,3)10-12-20-14(18)8-7-9-15(19)21-13-11-17(4,5)6;1-15(2,3)9-11-19-13(17)7-8-14(18)20-12-10-16(4,5)6/h7-14H2,1-6H3;7-13H2,1-6H3;7-12H2,1-6H3/q3*+2. The molecule has 0 heterocycles. The van der Waals surface area contributed by atoms with Crippen LogP contribution in [0.1, 0.15) is 57.8 Å². The van der Waals surface area contributed by atoms with Gasteiger partial charge in [-0.05, 0) is 19.3 Å². The molecule has 63 heavy (non-hydrogen) atoms. The van der Waals surface area contributed by atoms with Crippen LogP contribution in [0.15, 0.2) is 0 Å². The van der Waals surface area contributed by atoms with Gasteiger partial charge >= 0.3 is 0 Å². The van der Waals surface area contributed by atoms with Crippen molar-refractivity contribution in [2.45, 2.75) is 57.8 Å². The number of nitrogens with zero attached hydrogens (tertiary/aromatic N) is 6. The van der Waals surface area contributed by atoms with Crippen LogP contribution in [0.25, 0.3) is 0 Å². The molecule has 0 aliphatic carbocycles. The van der Waals surface area contributed by atoms with Crippen LogP contribution < -0.4 is 0 Å². The van der Waals surface area contributed by atoms with Crippen molar-refractivity contribution in [1.29, 1.82) is 0 Å². The normalized spacial score (nSPS) is 12.5. The Balaban J connectivity index is -0.000000858. The summed E-state index contributed by atoms with van der Waals surface area (Å²) < 4.78 is 5.25. The van der Waals surface area contributed by atoms with E-state index >= 15 is 0 Å². The van der Waals surface area contributed by atoms with Gasteiger partial charge in [-0.1, -0.05) is 70.6 Å². The number of hydrogen-bond donors (Lipinski definition) is 0. The molecule has 0 rings (SSSR count). The molecule has 0 saturated carbocycles. The molecule has 0 unspecified atom stereocenters. The molecule has 0 spiro atoms. The van der Waals surface area contributed by atoms with Gasteiger partial charge in [0.05, 0.1) is 201 Å². The largest absolute Gasteiger partial charge is 0.330 e. The molecule has 18 heteroatoms. The quantitative estimate of drug-likeness (QED) is 0.0600. The number of quaternary nitrogens is 6. The molecule has 0 aromatic rings. The van der Waals surface area contributed by atoms with Crippen LogP contribution in [-0.4, -0.2) is 258 Å². The molecule has 0 fully saturated rings. The lowest BCUT2D eigenvalue weighted by atomic mass is 10.2. The molecule has 0 saturated heterocycles. The number of carbonyl (C=O) groups excluding carboxylic acids is 6. The van der Waals surface area contributed by atoms with E-state index in [2.05, 4.69) is 127 Å². The first-order valence-electron chi connectivity index (χ1n) is 22.3. The zero-order valence-corrected chi connectivity index (χ0v) is 48.3. The fraction of sp³-hybridized carbons (Fsp3) is 0.867. The summed E-state index contributed by atoms with van der Waals surface area (Å²) in [4.78, 5) is 70.1. The Morgan fingerprint density at radius 2 is 0.381 bits per heavy atom. The molecule has 0 atom stereocenters. The lowest BCUT2D eigenvalue weighted by Crippen LogP contribution is -2.36. The number of unbranched alkanes of at least 4 members (excludes halogenated alkanes) is 1. The van der Waals surface area contributed by atoms with E-state index < -0.39 is 0 Å². The molecule has 0 aliphatic heterocycles. The van der Waals surface area contributed by atoms with Crippen molar-refractivity contribution >= 4 is 101 Å². The van der Waals surface area contributed by atoms with E-state index in [1.54, 1.807) is 0 Å². The maximum absolute atomic E-state index is 11.7. The van der Waals surface area contributed by atoms with Gasteiger partial charge in [0.15, 0.2) is 30.7 Å². The Kier molecular flexibility index (Phi) is 37.4. The van der Waals surface area contributed by atoms with Crippen molar-refractivity contribution in [1.82, 2.24) is 0 Å². The third-order valence-electron chi connectivity index (χ3n) is 8.46. The second-order valence-electron chi connectivity index (χ2n) is 22.0. The predicted molar refractivity (Wildman–Crippen MR) is 284 cm³/mol. The van der Waals surface area contributed by atoms with E-state index in [4.69, 9.17) is 0 Å². The first kappa shape index (κ1) is 67.2. The summed E-state index contributed by atoms with van der Waals surface area (Å²) in [6.07, 6.45) is 5.32. The van der Waals surface area contributed by atoms with Gasteiger partial charge in [0.25, 0.3) is 0 Å². The van der Waals surface area contributed by atoms with Crippen molar-refractivity contribution in [3.05, 3.63) is 0 Å². The Labute approximate surface area is 412 Å². The minimum atomic E-state index is 0.138. The average molecular weight is 1010 g/mol. The molecular weight excluding hydrogens is 913 g/mol. The van der Waals surface area contributed by atoms with E-state index in [-0.39, 0.29) is 30.7 Å². The smallest absolute Gasteiger partial charge is 0.189 e. The summed E-state index contributed by atoms with van der Waals surface area (Å²) in [5.41, 5.74) is 0. The highest BCUT2D eigenvalue weighted by Crippen LogP contribution is 2.17. The molecule has 372 valence electrons. The van der Waals surface area contributed by atoms with Crippen molar-refractivity contribution in [2.24, 2.45) is 0 Å². The fourth-order valence-electron chi connectivity index (χ4n) is 4.15. The maximum Gasteiger partial charge on any atom is 0.189 e. The van der Waals surface area contributed by atoms with Crippen LogP contribution in [0.5, 0.6) is 0 Å². The highest BCUT2D eigenvalue weighted by molar-refractivity contribution is 8.15. The molecule has 0 N–H and O–H groups in total. The lowest BCUT2D eigenvalue weighted by molar-refractivity contribution is -0.867. The van der Waals surface area contributed by atoms with E-state index in [0.717, 1.165) is 114 Å². The second-order valence-corrected chi connectivity index (χ2v) is 28.9. The summed E-state index contributed by atoms with van der Waals surface area (Å²) in [6.45, 7) is 5.88. The van der Waals surface area contributed by atoms with Gasteiger partial charge in [0, 0.05) is 38.5 Å². The second kappa shape index (κ2) is 35.1. The summed E-state index contributed by atoms with van der Waals surface area (Å²) in [5.74, 6) is 5.11. The molecule has 0 aliphatic rings. The molecular formula is C45H96N6O6S6+6. The van der Waals surface area contributed by atoms with E-state index in [9.17, 15) is 28.8 Å². The molecule has 12 nitrogen and oxygen atoms in total. The van der Waals surface area contributed by atoms with Gasteiger partial charge in [-0.2, -0.15) is 0 Å². The van der Waals surface area contributed by atoms with E-state index in [1.165, 1.54) is 70.6 Å². The van der Waals surface area contributed by atoms with Gasteiger partial charge in [-0.25, -0.2) is 0 Å². The van der Waals surface area contributed by atoms with Crippen LogP contribution in [0.4, 0.5) is 0 Å². The van der Waals surface area contributed by atoms with Crippen LogP contribution in [0.3, 0.4) is 0 Å². The SMILES string of the molecule is C[N+](C)(C)CCSC(=O)CCC(=O)SCC[N+](C)(C)C.C[N+](C)(C)CCSC(=O)CCCC(=O)SCC[N+](C)(C)C.C[N+](C)(C)CCSC(=O)CCCCC(=O)SCC[N+](C)(C)C. The van der Waals surface area contributed by atoms with Gasteiger partial charge < -0.3 is 26.9 Å². The van der Waals surface area contributed by atoms with Gasteiger partial charge in [-0.3, -0.25) is 28.8 Å². The summed E-state index contributed by atoms with van der Waals surface area (Å²) >= 11 is 8.37. The Morgan fingerprint density at radius 3 is 0.540 bits per heavy atom. The summed E-state index contributed by atoms with van der Waals surface area (Å²) in [6, 6.07) is 0. The number of carbonyl (C=O) groups is 6. The van der Waals surface area contributed by atoms with Gasteiger partial charge in [0.2, 0.25) is 0 Å². The minimum Gasteiger partial charge on any atom is -0.330 e. The number of rotatable bonds is 30. The Hall–Kier alpha value is -0.120. The Bertz CT molecular complexity index is 1220. The molecule has 0 aromatic heterocycles. The van der Waals surface area contributed by atoms with Crippen LogP contribution in [-0.2, 0) is 28.8 Å². The maximum atomic E-state index is 11.7. The highest BCUT2D eigenvalue weighted by atomic mass is 32.2. The summed E-state index contributed by atoms with van der Waals surface area (Å²) in [7, 11) is 38.2. The van der Waals surface area contributed by atoms with Crippen molar-refractivity contribution in [2.75, 3.05) is 201 Å². The van der Waals surface area contributed by atoms with Crippen LogP contribution >= 0.6 is 70.6 Å². The van der Waals surface area contributed by atoms with E-state index in [0.29, 0.717) is 44.9 Å². The van der Waals surface area contributed by atoms with E-state index in [1.807, 2.05) is 0 Å². The van der Waals surface area contributed by atoms with Gasteiger partial charge in [0.1, 0.15) is 0 Å². The molecule has 0 bridgehead atoms. The Morgan fingerprint density at radius 1 is 0.238 bits per heavy atom.